The molecule has 7 heteroatoms. The number of nitro benzene ring substituents is 1. The van der Waals surface area contributed by atoms with E-state index in [1.807, 2.05) is 5.38 Å². The Hall–Kier alpha value is -1.99. The molecule has 112 valence electrons. The number of benzene rings is 1. The van der Waals surface area contributed by atoms with Crippen LogP contribution in [0.15, 0.2) is 23.6 Å². The smallest absolute Gasteiger partial charge is 0.311 e. The van der Waals surface area contributed by atoms with Gasteiger partial charge in [0.25, 0.3) is 0 Å². The quantitative estimate of drug-likeness (QED) is 0.653. The van der Waals surface area contributed by atoms with Crippen molar-refractivity contribution in [3.05, 3.63) is 50.0 Å². The van der Waals surface area contributed by atoms with Crippen LogP contribution in [0.5, 0.6) is 5.75 Å². The van der Waals surface area contributed by atoms with Crippen molar-refractivity contribution in [2.75, 3.05) is 0 Å². The molecule has 21 heavy (non-hydrogen) atoms. The van der Waals surface area contributed by atoms with Crippen molar-refractivity contribution in [3.63, 3.8) is 0 Å². The van der Waals surface area contributed by atoms with Crippen molar-refractivity contribution in [3.8, 4) is 5.75 Å². The van der Waals surface area contributed by atoms with E-state index in [4.69, 9.17) is 10.5 Å². The SMILES string of the molecule is CC(C)c1nc(COc2ccc(CN)cc2[N+](=O)[O-])cs1. The zero-order chi connectivity index (χ0) is 15.4. The summed E-state index contributed by atoms with van der Waals surface area (Å²) in [5, 5.41) is 14.0. The first-order valence-electron chi connectivity index (χ1n) is 6.55. The molecule has 0 aliphatic heterocycles. The third-order valence-corrected chi connectivity index (χ3v) is 4.09. The minimum absolute atomic E-state index is 0.0720. The van der Waals surface area contributed by atoms with Crippen LogP contribution in [0.1, 0.15) is 36.0 Å². The van der Waals surface area contributed by atoms with Gasteiger partial charge in [0.05, 0.1) is 15.6 Å². The highest BCUT2D eigenvalue weighted by atomic mass is 32.1. The van der Waals surface area contributed by atoms with Crippen molar-refractivity contribution < 1.29 is 9.66 Å². The summed E-state index contributed by atoms with van der Waals surface area (Å²) < 4.78 is 5.54. The van der Waals surface area contributed by atoms with Crippen LogP contribution in [0.4, 0.5) is 5.69 Å². The molecule has 2 N–H and O–H groups in total. The second-order valence-corrected chi connectivity index (χ2v) is 5.77. The first kappa shape index (κ1) is 15.4. The maximum Gasteiger partial charge on any atom is 0.311 e. The van der Waals surface area contributed by atoms with Crippen LogP contribution in [0.25, 0.3) is 0 Å². The van der Waals surface area contributed by atoms with Gasteiger partial charge in [-0.1, -0.05) is 19.9 Å². The fourth-order valence-electron chi connectivity index (χ4n) is 1.76. The Labute approximate surface area is 126 Å². The zero-order valence-corrected chi connectivity index (χ0v) is 12.7. The van der Waals surface area contributed by atoms with Gasteiger partial charge in [-0.25, -0.2) is 4.98 Å². The van der Waals surface area contributed by atoms with E-state index >= 15 is 0 Å². The lowest BCUT2D eigenvalue weighted by molar-refractivity contribution is -0.386. The maximum absolute atomic E-state index is 11.1. The maximum atomic E-state index is 11.1. The molecule has 1 aromatic heterocycles. The van der Waals surface area contributed by atoms with Crippen LogP contribution < -0.4 is 10.5 Å². The number of nitrogens with zero attached hydrogens (tertiary/aromatic N) is 2. The number of hydrogen-bond acceptors (Lipinski definition) is 6. The van der Waals surface area contributed by atoms with Crippen LogP contribution in [0, 0.1) is 10.1 Å². The average molecular weight is 307 g/mol. The summed E-state index contributed by atoms with van der Waals surface area (Å²) in [7, 11) is 0. The Morgan fingerprint density at radius 3 is 2.81 bits per heavy atom. The number of aromatic nitrogens is 1. The molecular formula is C14H17N3O3S. The third-order valence-electron chi connectivity index (χ3n) is 2.89. The number of rotatable bonds is 6. The summed E-state index contributed by atoms with van der Waals surface area (Å²) in [5.74, 6) is 0.596. The van der Waals surface area contributed by atoms with Crippen LogP contribution in [0.3, 0.4) is 0 Å². The fraction of sp³-hybridized carbons (Fsp3) is 0.357. The highest BCUT2D eigenvalue weighted by Gasteiger charge is 2.16. The van der Waals surface area contributed by atoms with E-state index in [0.29, 0.717) is 11.5 Å². The molecule has 2 aromatic rings. The topological polar surface area (TPSA) is 91.3 Å². The van der Waals surface area contributed by atoms with Crippen molar-refractivity contribution in [1.29, 1.82) is 0 Å². The number of nitro groups is 1. The molecule has 1 aromatic carbocycles. The van der Waals surface area contributed by atoms with Gasteiger partial charge >= 0.3 is 5.69 Å². The molecule has 0 aliphatic carbocycles. The van der Waals surface area contributed by atoms with Gasteiger partial charge in [0, 0.05) is 23.9 Å². The average Bonchev–Trinajstić information content (AvgIpc) is 2.94. The van der Waals surface area contributed by atoms with Crippen molar-refractivity contribution in [2.45, 2.75) is 32.9 Å². The van der Waals surface area contributed by atoms with Gasteiger partial charge < -0.3 is 10.5 Å². The summed E-state index contributed by atoms with van der Waals surface area (Å²) in [6.07, 6.45) is 0. The lowest BCUT2D eigenvalue weighted by Gasteiger charge is -2.06. The second-order valence-electron chi connectivity index (χ2n) is 4.88. The molecule has 0 saturated carbocycles. The zero-order valence-electron chi connectivity index (χ0n) is 11.9. The summed E-state index contributed by atoms with van der Waals surface area (Å²) in [5.41, 5.74) is 6.90. The summed E-state index contributed by atoms with van der Waals surface area (Å²) in [4.78, 5) is 15.0. The largest absolute Gasteiger partial charge is 0.480 e. The van der Waals surface area contributed by atoms with Gasteiger partial charge in [-0.05, 0) is 11.6 Å². The van der Waals surface area contributed by atoms with Crippen LogP contribution in [-0.2, 0) is 13.2 Å². The number of nitrogens with two attached hydrogens (primary N) is 1. The normalized spacial score (nSPS) is 10.9. The molecule has 0 saturated heterocycles. The minimum Gasteiger partial charge on any atom is -0.480 e. The molecule has 0 fully saturated rings. The van der Waals surface area contributed by atoms with Crippen molar-refractivity contribution in [2.24, 2.45) is 5.73 Å². The van der Waals surface area contributed by atoms with E-state index < -0.39 is 4.92 Å². The second kappa shape index (κ2) is 6.64. The molecule has 0 unspecified atom stereocenters. The lowest BCUT2D eigenvalue weighted by atomic mass is 10.2. The van der Waals surface area contributed by atoms with Crippen LogP contribution >= 0.6 is 11.3 Å². The molecule has 2 rings (SSSR count). The van der Waals surface area contributed by atoms with E-state index in [1.54, 1.807) is 23.5 Å². The Balaban J connectivity index is 2.13. The van der Waals surface area contributed by atoms with Crippen LogP contribution in [0.2, 0.25) is 0 Å². The predicted octanol–water partition coefficient (Wildman–Crippen LogP) is 3.21. The Bertz CT molecular complexity index is 640. The fourth-order valence-corrected chi connectivity index (χ4v) is 2.58. The minimum atomic E-state index is -0.463. The monoisotopic (exact) mass is 307 g/mol. The number of thiazole rings is 1. The van der Waals surface area contributed by atoms with Gasteiger partial charge in [0.1, 0.15) is 6.61 Å². The first-order valence-corrected chi connectivity index (χ1v) is 7.43. The molecule has 0 bridgehead atoms. The molecule has 1 heterocycles. The predicted molar refractivity (Wildman–Crippen MR) is 81.5 cm³/mol. The van der Waals surface area contributed by atoms with Gasteiger partial charge in [-0.2, -0.15) is 0 Å². The molecule has 6 nitrogen and oxygen atoms in total. The highest BCUT2D eigenvalue weighted by Crippen LogP contribution is 2.29. The van der Waals surface area contributed by atoms with Gasteiger partial charge in [0.15, 0.2) is 5.75 Å². The molecule has 0 radical (unpaired) electrons. The third kappa shape index (κ3) is 3.77. The van der Waals surface area contributed by atoms with Gasteiger partial charge in [-0.15, -0.1) is 11.3 Å². The van der Waals surface area contributed by atoms with E-state index in [1.165, 1.54) is 6.07 Å². The van der Waals surface area contributed by atoms with Crippen molar-refractivity contribution in [1.82, 2.24) is 4.98 Å². The van der Waals surface area contributed by atoms with Crippen molar-refractivity contribution >= 4 is 17.0 Å². The number of hydrogen-bond donors (Lipinski definition) is 1. The lowest BCUT2D eigenvalue weighted by Crippen LogP contribution is -2.02. The van der Waals surface area contributed by atoms with E-state index in [-0.39, 0.29) is 24.6 Å². The summed E-state index contributed by atoms with van der Waals surface area (Å²) in [6, 6.07) is 4.74. The molecule has 0 atom stereocenters. The van der Waals surface area contributed by atoms with Gasteiger partial charge in [0.2, 0.25) is 0 Å². The Morgan fingerprint density at radius 2 is 2.24 bits per heavy atom. The van der Waals surface area contributed by atoms with E-state index in [9.17, 15) is 10.1 Å². The Morgan fingerprint density at radius 1 is 1.48 bits per heavy atom. The highest BCUT2D eigenvalue weighted by molar-refractivity contribution is 7.09. The van der Waals surface area contributed by atoms with E-state index in [2.05, 4.69) is 18.8 Å². The number of ether oxygens (including phenoxy) is 1. The molecule has 0 amide bonds. The van der Waals surface area contributed by atoms with Crippen LogP contribution in [-0.4, -0.2) is 9.91 Å². The van der Waals surface area contributed by atoms with E-state index in [0.717, 1.165) is 10.7 Å². The summed E-state index contributed by atoms with van der Waals surface area (Å²) >= 11 is 1.57. The summed E-state index contributed by atoms with van der Waals surface area (Å²) in [6.45, 7) is 4.61. The standard InChI is InChI=1S/C14H17N3O3S/c1-9(2)14-16-11(8-21-14)7-20-13-4-3-10(6-15)5-12(13)17(18)19/h3-5,8-9H,6-7,15H2,1-2H3. The first-order chi connectivity index (χ1) is 10.0. The molecule has 0 aliphatic rings. The molecular weight excluding hydrogens is 290 g/mol. The molecule has 0 spiro atoms. The van der Waals surface area contributed by atoms with Gasteiger partial charge in [-0.3, -0.25) is 10.1 Å². The Kier molecular flexibility index (Phi) is 4.87.